The van der Waals surface area contributed by atoms with Crippen LogP contribution in [0.2, 0.25) is 0 Å². The molecule has 5 heteroatoms. The SMILES string of the molecule is CCOC(=O)C1CNCCN1C1CCOC(C)(CC)C1. The molecule has 0 amide bonds. The van der Waals surface area contributed by atoms with Gasteiger partial charge in [-0.25, -0.2) is 0 Å². The van der Waals surface area contributed by atoms with Gasteiger partial charge < -0.3 is 14.8 Å². The molecule has 3 atom stereocenters. The highest BCUT2D eigenvalue weighted by Crippen LogP contribution is 2.31. The van der Waals surface area contributed by atoms with Gasteiger partial charge in [0.05, 0.1) is 12.2 Å². The second-order valence-electron chi connectivity index (χ2n) is 6.01. The quantitative estimate of drug-likeness (QED) is 0.785. The molecule has 2 aliphatic heterocycles. The van der Waals surface area contributed by atoms with E-state index in [0.29, 0.717) is 19.2 Å². The lowest BCUT2D eigenvalue weighted by atomic mass is 9.88. The van der Waals surface area contributed by atoms with Crippen molar-refractivity contribution < 1.29 is 14.3 Å². The summed E-state index contributed by atoms with van der Waals surface area (Å²) in [5, 5.41) is 3.30. The molecule has 0 radical (unpaired) electrons. The minimum absolute atomic E-state index is 0.0486. The lowest BCUT2D eigenvalue weighted by Gasteiger charge is -2.46. The van der Waals surface area contributed by atoms with Crippen LogP contribution in [0.4, 0.5) is 0 Å². The van der Waals surface area contributed by atoms with Crippen molar-refractivity contribution >= 4 is 5.97 Å². The van der Waals surface area contributed by atoms with Crippen molar-refractivity contribution in [3.05, 3.63) is 0 Å². The number of nitrogens with zero attached hydrogens (tertiary/aromatic N) is 1. The summed E-state index contributed by atoms with van der Waals surface area (Å²) in [6.07, 6.45) is 3.02. The van der Waals surface area contributed by atoms with Crippen LogP contribution < -0.4 is 5.32 Å². The predicted octanol–water partition coefficient (Wildman–Crippen LogP) is 1.17. The molecule has 2 fully saturated rings. The summed E-state index contributed by atoms with van der Waals surface area (Å²) >= 11 is 0. The topological polar surface area (TPSA) is 50.8 Å². The van der Waals surface area contributed by atoms with E-state index in [4.69, 9.17) is 9.47 Å². The monoisotopic (exact) mass is 284 g/mol. The van der Waals surface area contributed by atoms with Gasteiger partial charge in [0.25, 0.3) is 0 Å². The largest absolute Gasteiger partial charge is 0.465 e. The van der Waals surface area contributed by atoms with Crippen molar-refractivity contribution in [1.82, 2.24) is 10.2 Å². The Labute approximate surface area is 122 Å². The van der Waals surface area contributed by atoms with Crippen molar-refractivity contribution in [3.8, 4) is 0 Å². The van der Waals surface area contributed by atoms with Gasteiger partial charge >= 0.3 is 5.97 Å². The van der Waals surface area contributed by atoms with Crippen LogP contribution in [-0.2, 0) is 14.3 Å². The molecule has 2 heterocycles. The summed E-state index contributed by atoms with van der Waals surface area (Å²) < 4.78 is 11.1. The van der Waals surface area contributed by atoms with Crippen LogP contribution in [0.1, 0.15) is 40.0 Å². The summed E-state index contributed by atoms with van der Waals surface area (Å²) in [4.78, 5) is 14.5. The van der Waals surface area contributed by atoms with Crippen molar-refractivity contribution in [2.45, 2.75) is 57.7 Å². The molecule has 0 aliphatic carbocycles. The second-order valence-corrected chi connectivity index (χ2v) is 6.01. The second kappa shape index (κ2) is 6.87. The van der Waals surface area contributed by atoms with E-state index < -0.39 is 0 Å². The van der Waals surface area contributed by atoms with Gasteiger partial charge in [0, 0.05) is 32.3 Å². The standard InChI is InChI=1S/C15H28N2O3/c1-4-15(3)10-12(6-9-20-15)17-8-7-16-11-13(17)14(18)19-5-2/h12-13,16H,4-11H2,1-3H3. The summed E-state index contributed by atoms with van der Waals surface area (Å²) in [6, 6.07) is 0.276. The van der Waals surface area contributed by atoms with Gasteiger partial charge in [0.15, 0.2) is 0 Å². The number of hydrogen-bond donors (Lipinski definition) is 1. The van der Waals surface area contributed by atoms with Gasteiger partial charge in [-0.1, -0.05) is 6.92 Å². The first kappa shape index (κ1) is 15.7. The molecule has 3 unspecified atom stereocenters. The van der Waals surface area contributed by atoms with E-state index in [2.05, 4.69) is 24.1 Å². The van der Waals surface area contributed by atoms with E-state index in [9.17, 15) is 4.79 Å². The van der Waals surface area contributed by atoms with Crippen LogP contribution in [0.25, 0.3) is 0 Å². The molecule has 2 rings (SSSR count). The first-order valence-electron chi connectivity index (χ1n) is 7.86. The van der Waals surface area contributed by atoms with Crippen LogP contribution >= 0.6 is 0 Å². The van der Waals surface area contributed by atoms with Crippen molar-refractivity contribution in [2.24, 2.45) is 0 Å². The molecule has 2 saturated heterocycles. The number of carbonyl (C=O) groups is 1. The van der Waals surface area contributed by atoms with Crippen molar-refractivity contribution in [1.29, 1.82) is 0 Å². The van der Waals surface area contributed by atoms with Crippen LogP contribution in [0.3, 0.4) is 0 Å². The van der Waals surface area contributed by atoms with Gasteiger partial charge in [-0.2, -0.15) is 0 Å². The zero-order valence-electron chi connectivity index (χ0n) is 13.0. The van der Waals surface area contributed by atoms with E-state index in [1.165, 1.54) is 0 Å². The predicted molar refractivity (Wildman–Crippen MR) is 77.7 cm³/mol. The smallest absolute Gasteiger partial charge is 0.324 e. The maximum atomic E-state index is 12.1. The molecule has 5 nitrogen and oxygen atoms in total. The summed E-state index contributed by atoms with van der Waals surface area (Å²) in [5.74, 6) is -0.0932. The van der Waals surface area contributed by atoms with Gasteiger partial charge in [0.2, 0.25) is 0 Å². The molecule has 0 aromatic carbocycles. The van der Waals surface area contributed by atoms with Gasteiger partial charge in [-0.05, 0) is 33.1 Å². The Hall–Kier alpha value is -0.650. The maximum Gasteiger partial charge on any atom is 0.324 e. The van der Waals surface area contributed by atoms with E-state index in [0.717, 1.165) is 39.0 Å². The number of rotatable bonds is 4. The Kier molecular flexibility index (Phi) is 5.41. The lowest BCUT2D eigenvalue weighted by molar-refractivity contribution is -0.155. The fraction of sp³-hybridized carbons (Fsp3) is 0.933. The summed E-state index contributed by atoms with van der Waals surface area (Å²) in [5.41, 5.74) is -0.0486. The molecular weight excluding hydrogens is 256 g/mol. The zero-order valence-corrected chi connectivity index (χ0v) is 13.0. The Balaban J connectivity index is 2.05. The Morgan fingerprint density at radius 1 is 1.50 bits per heavy atom. The highest BCUT2D eigenvalue weighted by atomic mass is 16.5. The Bertz CT molecular complexity index is 337. The number of piperazine rings is 1. The fourth-order valence-electron chi connectivity index (χ4n) is 3.24. The molecule has 0 aromatic heterocycles. The van der Waals surface area contributed by atoms with Crippen LogP contribution in [0.15, 0.2) is 0 Å². The third-order valence-electron chi connectivity index (χ3n) is 4.63. The van der Waals surface area contributed by atoms with E-state index in [-0.39, 0.29) is 17.6 Å². The molecule has 0 spiro atoms. The van der Waals surface area contributed by atoms with Crippen LogP contribution in [0.5, 0.6) is 0 Å². The van der Waals surface area contributed by atoms with E-state index in [1.54, 1.807) is 0 Å². The molecule has 116 valence electrons. The highest BCUT2D eigenvalue weighted by Gasteiger charge is 2.40. The van der Waals surface area contributed by atoms with E-state index in [1.807, 2.05) is 6.92 Å². The number of hydrogen-bond acceptors (Lipinski definition) is 5. The lowest BCUT2D eigenvalue weighted by Crippen LogP contribution is -2.61. The number of esters is 1. The number of nitrogens with one attached hydrogen (secondary N) is 1. The highest BCUT2D eigenvalue weighted by molar-refractivity contribution is 5.76. The minimum atomic E-state index is -0.145. The number of ether oxygens (including phenoxy) is 2. The molecule has 0 saturated carbocycles. The Morgan fingerprint density at radius 2 is 2.30 bits per heavy atom. The zero-order chi connectivity index (χ0) is 14.6. The summed E-state index contributed by atoms with van der Waals surface area (Å²) in [7, 11) is 0. The summed E-state index contributed by atoms with van der Waals surface area (Å²) in [6.45, 7) is 9.99. The molecule has 0 aromatic rings. The Morgan fingerprint density at radius 3 is 3.00 bits per heavy atom. The van der Waals surface area contributed by atoms with Crippen LogP contribution in [-0.4, -0.2) is 61.4 Å². The average Bonchev–Trinajstić information content (AvgIpc) is 2.47. The van der Waals surface area contributed by atoms with Crippen molar-refractivity contribution in [3.63, 3.8) is 0 Å². The van der Waals surface area contributed by atoms with Crippen molar-refractivity contribution in [2.75, 3.05) is 32.8 Å². The third-order valence-corrected chi connectivity index (χ3v) is 4.63. The average molecular weight is 284 g/mol. The number of carbonyl (C=O) groups excluding carboxylic acids is 1. The minimum Gasteiger partial charge on any atom is -0.465 e. The first-order valence-corrected chi connectivity index (χ1v) is 7.86. The van der Waals surface area contributed by atoms with E-state index >= 15 is 0 Å². The van der Waals surface area contributed by atoms with Gasteiger partial charge in [0.1, 0.15) is 6.04 Å². The first-order chi connectivity index (χ1) is 9.59. The molecule has 20 heavy (non-hydrogen) atoms. The third kappa shape index (κ3) is 3.51. The molecular formula is C15H28N2O3. The molecule has 0 bridgehead atoms. The van der Waals surface area contributed by atoms with Crippen LogP contribution in [0, 0.1) is 0 Å². The van der Waals surface area contributed by atoms with Gasteiger partial charge in [-0.15, -0.1) is 0 Å². The molecule has 2 aliphatic rings. The maximum absolute atomic E-state index is 12.1. The van der Waals surface area contributed by atoms with Gasteiger partial charge in [-0.3, -0.25) is 9.69 Å². The molecule has 1 N–H and O–H groups in total. The normalized spacial score (nSPS) is 35.8. The fourth-order valence-corrected chi connectivity index (χ4v) is 3.24.